The Morgan fingerprint density at radius 2 is 2.23 bits per heavy atom. The van der Waals surface area contributed by atoms with Gasteiger partial charge in [0.25, 0.3) is 0 Å². The molecule has 0 amide bonds. The molecule has 0 aliphatic rings. The third-order valence-corrected chi connectivity index (χ3v) is 2.01. The molecule has 0 saturated heterocycles. The Labute approximate surface area is 79.6 Å². The molecule has 1 aromatic heterocycles. The standard InChI is InChI=1S/C9H6ClFN2/c10-7-2-1-3-8(9(7)11)13-5-4-12-6-13/h1-6H. The van der Waals surface area contributed by atoms with E-state index in [2.05, 4.69) is 4.98 Å². The number of hydrogen-bond acceptors (Lipinski definition) is 1. The van der Waals surface area contributed by atoms with E-state index in [-0.39, 0.29) is 5.02 Å². The summed E-state index contributed by atoms with van der Waals surface area (Å²) in [6.07, 6.45) is 4.77. The fraction of sp³-hybridized carbons (Fsp3) is 0. The van der Waals surface area contributed by atoms with Crippen LogP contribution in [0.4, 0.5) is 4.39 Å². The second-order valence-corrected chi connectivity index (χ2v) is 2.95. The zero-order chi connectivity index (χ0) is 9.26. The molecule has 66 valence electrons. The van der Waals surface area contributed by atoms with E-state index in [1.807, 2.05) is 0 Å². The van der Waals surface area contributed by atoms with Crippen molar-refractivity contribution in [3.05, 3.63) is 47.8 Å². The normalized spacial score (nSPS) is 10.3. The molecule has 2 aromatic rings. The zero-order valence-corrected chi connectivity index (χ0v) is 7.37. The summed E-state index contributed by atoms with van der Waals surface area (Å²) < 4.78 is 15.0. The number of benzene rings is 1. The van der Waals surface area contributed by atoms with Crippen molar-refractivity contribution in [1.29, 1.82) is 0 Å². The van der Waals surface area contributed by atoms with Gasteiger partial charge >= 0.3 is 0 Å². The minimum atomic E-state index is -0.429. The number of rotatable bonds is 1. The van der Waals surface area contributed by atoms with Gasteiger partial charge in [-0.25, -0.2) is 9.37 Å². The summed E-state index contributed by atoms with van der Waals surface area (Å²) in [6, 6.07) is 4.85. The maximum Gasteiger partial charge on any atom is 0.165 e. The molecule has 0 aliphatic carbocycles. The number of aromatic nitrogens is 2. The smallest absolute Gasteiger partial charge is 0.165 e. The third kappa shape index (κ3) is 1.42. The van der Waals surface area contributed by atoms with Crippen LogP contribution in [0.3, 0.4) is 0 Å². The van der Waals surface area contributed by atoms with E-state index in [9.17, 15) is 4.39 Å². The summed E-state index contributed by atoms with van der Waals surface area (Å²) >= 11 is 5.62. The predicted molar refractivity (Wildman–Crippen MR) is 48.5 cm³/mol. The van der Waals surface area contributed by atoms with Crippen molar-refractivity contribution in [3.63, 3.8) is 0 Å². The Balaban J connectivity index is 2.59. The van der Waals surface area contributed by atoms with Gasteiger partial charge in [-0.1, -0.05) is 17.7 Å². The fourth-order valence-corrected chi connectivity index (χ4v) is 1.26. The van der Waals surface area contributed by atoms with Crippen LogP contribution in [-0.2, 0) is 0 Å². The molecule has 1 aromatic carbocycles. The summed E-state index contributed by atoms with van der Waals surface area (Å²) in [4.78, 5) is 3.82. The largest absolute Gasteiger partial charge is 0.303 e. The van der Waals surface area contributed by atoms with Gasteiger partial charge in [0.05, 0.1) is 17.0 Å². The molecule has 0 radical (unpaired) electrons. The van der Waals surface area contributed by atoms with Gasteiger partial charge in [-0.15, -0.1) is 0 Å². The molecular weight excluding hydrogens is 191 g/mol. The van der Waals surface area contributed by atoms with Crippen LogP contribution in [0.15, 0.2) is 36.9 Å². The van der Waals surface area contributed by atoms with Crippen LogP contribution < -0.4 is 0 Å². The molecule has 13 heavy (non-hydrogen) atoms. The molecule has 2 nitrogen and oxygen atoms in total. The predicted octanol–water partition coefficient (Wildman–Crippen LogP) is 2.66. The van der Waals surface area contributed by atoms with Crippen molar-refractivity contribution >= 4 is 11.6 Å². The lowest BCUT2D eigenvalue weighted by Gasteiger charge is -2.03. The van der Waals surface area contributed by atoms with Crippen LogP contribution in [0.2, 0.25) is 5.02 Å². The number of hydrogen-bond donors (Lipinski definition) is 0. The van der Waals surface area contributed by atoms with Crippen molar-refractivity contribution in [2.24, 2.45) is 0 Å². The average molecular weight is 197 g/mol. The van der Waals surface area contributed by atoms with Crippen molar-refractivity contribution in [1.82, 2.24) is 9.55 Å². The van der Waals surface area contributed by atoms with E-state index in [0.29, 0.717) is 5.69 Å². The maximum atomic E-state index is 13.4. The van der Waals surface area contributed by atoms with Crippen LogP contribution in [0.1, 0.15) is 0 Å². The third-order valence-electron chi connectivity index (χ3n) is 1.71. The number of imidazole rings is 1. The lowest BCUT2D eigenvalue weighted by molar-refractivity contribution is 0.618. The van der Waals surface area contributed by atoms with Crippen molar-refractivity contribution < 1.29 is 4.39 Å². The minimum Gasteiger partial charge on any atom is -0.303 e. The first kappa shape index (κ1) is 8.26. The second kappa shape index (κ2) is 3.18. The molecule has 4 heteroatoms. The van der Waals surface area contributed by atoms with Gasteiger partial charge in [-0.2, -0.15) is 0 Å². The van der Waals surface area contributed by atoms with E-state index in [4.69, 9.17) is 11.6 Å². The lowest BCUT2D eigenvalue weighted by atomic mass is 10.3. The highest BCUT2D eigenvalue weighted by Crippen LogP contribution is 2.20. The first-order valence-electron chi connectivity index (χ1n) is 3.71. The van der Waals surface area contributed by atoms with Crippen molar-refractivity contribution in [2.75, 3.05) is 0 Å². The van der Waals surface area contributed by atoms with Gasteiger partial charge in [-0.05, 0) is 12.1 Å². The molecule has 0 N–H and O–H groups in total. The molecule has 0 saturated carbocycles. The summed E-state index contributed by atoms with van der Waals surface area (Å²) in [5.74, 6) is -0.429. The summed E-state index contributed by atoms with van der Waals surface area (Å²) in [5, 5.41) is 0.117. The van der Waals surface area contributed by atoms with E-state index >= 15 is 0 Å². The maximum absolute atomic E-state index is 13.4. The number of halogens is 2. The molecule has 0 unspecified atom stereocenters. The first-order valence-corrected chi connectivity index (χ1v) is 4.09. The zero-order valence-electron chi connectivity index (χ0n) is 6.61. The summed E-state index contributed by atoms with van der Waals surface area (Å²) in [7, 11) is 0. The van der Waals surface area contributed by atoms with Crippen LogP contribution >= 0.6 is 11.6 Å². The molecule has 0 aliphatic heterocycles. The van der Waals surface area contributed by atoms with E-state index < -0.39 is 5.82 Å². The van der Waals surface area contributed by atoms with Crippen LogP contribution in [-0.4, -0.2) is 9.55 Å². The van der Waals surface area contributed by atoms with Gasteiger partial charge in [0.15, 0.2) is 5.82 Å². The Hall–Kier alpha value is -1.35. The van der Waals surface area contributed by atoms with Gasteiger partial charge < -0.3 is 4.57 Å². The van der Waals surface area contributed by atoms with Crippen molar-refractivity contribution in [3.8, 4) is 5.69 Å². The molecule has 0 fully saturated rings. The average Bonchev–Trinajstić information content (AvgIpc) is 2.62. The van der Waals surface area contributed by atoms with Gasteiger partial charge in [0, 0.05) is 12.4 Å². The Kier molecular flexibility index (Phi) is 2.02. The molecular formula is C9H6ClFN2. The Morgan fingerprint density at radius 1 is 1.38 bits per heavy atom. The number of nitrogens with zero attached hydrogens (tertiary/aromatic N) is 2. The molecule has 0 atom stereocenters. The highest BCUT2D eigenvalue weighted by atomic mass is 35.5. The van der Waals surface area contributed by atoms with E-state index in [1.54, 1.807) is 29.1 Å². The van der Waals surface area contributed by atoms with E-state index in [0.717, 1.165) is 0 Å². The first-order chi connectivity index (χ1) is 6.29. The van der Waals surface area contributed by atoms with E-state index in [1.165, 1.54) is 12.4 Å². The van der Waals surface area contributed by atoms with Gasteiger partial charge in [-0.3, -0.25) is 0 Å². The Morgan fingerprint density at radius 3 is 2.92 bits per heavy atom. The van der Waals surface area contributed by atoms with Gasteiger partial charge in [0.1, 0.15) is 0 Å². The Bertz CT molecular complexity index is 412. The molecule has 2 rings (SSSR count). The van der Waals surface area contributed by atoms with Crippen LogP contribution in [0.25, 0.3) is 5.69 Å². The molecule has 1 heterocycles. The van der Waals surface area contributed by atoms with Crippen LogP contribution in [0.5, 0.6) is 0 Å². The second-order valence-electron chi connectivity index (χ2n) is 2.54. The monoisotopic (exact) mass is 196 g/mol. The highest BCUT2D eigenvalue weighted by molar-refractivity contribution is 6.30. The lowest BCUT2D eigenvalue weighted by Crippen LogP contribution is -1.94. The molecule has 0 spiro atoms. The SMILES string of the molecule is Fc1c(Cl)cccc1-n1ccnc1. The van der Waals surface area contributed by atoms with Crippen molar-refractivity contribution in [2.45, 2.75) is 0 Å². The quantitative estimate of drug-likeness (QED) is 0.686. The van der Waals surface area contributed by atoms with Gasteiger partial charge in [0.2, 0.25) is 0 Å². The highest BCUT2D eigenvalue weighted by Gasteiger charge is 2.06. The topological polar surface area (TPSA) is 17.8 Å². The van der Waals surface area contributed by atoms with Crippen LogP contribution in [0, 0.1) is 5.82 Å². The summed E-state index contributed by atoms with van der Waals surface area (Å²) in [5.41, 5.74) is 0.407. The molecule has 0 bridgehead atoms. The minimum absolute atomic E-state index is 0.117. The fourth-order valence-electron chi connectivity index (χ4n) is 1.09. The summed E-state index contributed by atoms with van der Waals surface area (Å²) in [6.45, 7) is 0.